The molecule has 0 saturated heterocycles. The minimum atomic E-state index is -0.117. The van der Waals surface area contributed by atoms with Crippen molar-refractivity contribution in [2.75, 3.05) is 12.8 Å². The summed E-state index contributed by atoms with van der Waals surface area (Å²) >= 11 is 1.81. The molecule has 0 spiro atoms. The maximum atomic E-state index is 13.7. The number of hydrogen-bond donors (Lipinski definition) is 1. The average molecular weight is 289 g/mol. The fraction of sp³-hybridized carbons (Fsp3) is 0.294. The van der Waals surface area contributed by atoms with E-state index < -0.39 is 0 Å². The molecule has 0 fully saturated rings. The van der Waals surface area contributed by atoms with Crippen molar-refractivity contribution < 1.29 is 4.39 Å². The molecular formula is C17H20FNS. The lowest BCUT2D eigenvalue weighted by molar-refractivity contribution is 0.568. The van der Waals surface area contributed by atoms with Crippen LogP contribution in [0.15, 0.2) is 53.4 Å². The van der Waals surface area contributed by atoms with Crippen LogP contribution in [0, 0.1) is 12.7 Å². The van der Waals surface area contributed by atoms with Crippen molar-refractivity contribution >= 4 is 11.8 Å². The molecule has 1 N–H and O–H groups in total. The van der Waals surface area contributed by atoms with E-state index in [1.54, 1.807) is 6.07 Å². The van der Waals surface area contributed by atoms with Crippen molar-refractivity contribution in [1.29, 1.82) is 0 Å². The first-order valence-electron chi connectivity index (χ1n) is 6.79. The fourth-order valence-corrected chi connectivity index (χ4v) is 3.20. The Labute approximate surface area is 124 Å². The van der Waals surface area contributed by atoms with Crippen LogP contribution < -0.4 is 5.32 Å². The second-order valence-electron chi connectivity index (χ2n) is 4.91. The van der Waals surface area contributed by atoms with Gasteiger partial charge in [0, 0.05) is 16.7 Å². The first-order chi connectivity index (χ1) is 9.69. The maximum Gasteiger partial charge on any atom is 0.126 e. The predicted octanol–water partition coefficient (Wildman–Crippen LogP) is 4.06. The Kier molecular flexibility index (Phi) is 5.62. The molecular weight excluding hydrogens is 269 g/mol. The van der Waals surface area contributed by atoms with Crippen molar-refractivity contribution in [3.8, 4) is 0 Å². The van der Waals surface area contributed by atoms with Gasteiger partial charge in [0.05, 0.1) is 0 Å². The minimum Gasteiger partial charge on any atom is -0.316 e. The van der Waals surface area contributed by atoms with Gasteiger partial charge in [0.25, 0.3) is 0 Å². The number of halogens is 1. The van der Waals surface area contributed by atoms with Gasteiger partial charge in [-0.3, -0.25) is 0 Å². The van der Waals surface area contributed by atoms with E-state index in [9.17, 15) is 4.39 Å². The third kappa shape index (κ3) is 4.36. The number of aryl methyl sites for hydroxylation is 1. The van der Waals surface area contributed by atoms with E-state index in [-0.39, 0.29) is 11.9 Å². The Morgan fingerprint density at radius 2 is 1.95 bits per heavy atom. The van der Waals surface area contributed by atoms with Gasteiger partial charge in [-0.25, -0.2) is 4.39 Å². The largest absolute Gasteiger partial charge is 0.316 e. The average Bonchev–Trinajstić information content (AvgIpc) is 2.45. The Bertz CT molecular complexity index is 556. The molecule has 0 aliphatic carbocycles. The normalized spacial score (nSPS) is 12.3. The van der Waals surface area contributed by atoms with Crippen molar-refractivity contribution in [1.82, 2.24) is 5.32 Å². The van der Waals surface area contributed by atoms with Crippen molar-refractivity contribution in [3.05, 3.63) is 65.5 Å². The molecule has 1 unspecified atom stereocenters. The summed E-state index contributed by atoms with van der Waals surface area (Å²) in [5, 5.41) is 3.28. The van der Waals surface area contributed by atoms with Crippen LogP contribution in [0.1, 0.15) is 11.1 Å². The van der Waals surface area contributed by atoms with Crippen LogP contribution in [-0.2, 0) is 6.42 Å². The van der Waals surface area contributed by atoms with Crippen LogP contribution in [0.25, 0.3) is 0 Å². The quantitative estimate of drug-likeness (QED) is 0.805. The number of benzene rings is 2. The summed E-state index contributed by atoms with van der Waals surface area (Å²) < 4.78 is 13.7. The molecule has 2 aromatic carbocycles. The Balaban J connectivity index is 1.94. The molecule has 2 rings (SSSR count). The van der Waals surface area contributed by atoms with Gasteiger partial charge in [0.2, 0.25) is 0 Å². The maximum absolute atomic E-state index is 13.7. The number of hydrogen-bond acceptors (Lipinski definition) is 2. The van der Waals surface area contributed by atoms with E-state index in [1.165, 1.54) is 16.5 Å². The number of rotatable bonds is 6. The van der Waals surface area contributed by atoms with Gasteiger partial charge in [-0.15, -0.1) is 11.8 Å². The lowest BCUT2D eigenvalue weighted by atomic mass is 10.1. The summed E-state index contributed by atoms with van der Waals surface area (Å²) in [6.07, 6.45) is 0.710. The molecule has 0 bridgehead atoms. The van der Waals surface area contributed by atoms with Gasteiger partial charge >= 0.3 is 0 Å². The summed E-state index contributed by atoms with van der Waals surface area (Å²) in [6, 6.07) is 15.7. The van der Waals surface area contributed by atoms with Gasteiger partial charge in [0.1, 0.15) is 5.82 Å². The molecule has 106 valence electrons. The molecule has 20 heavy (non-hydrogen) atoms. The van der Waals surface area contributed by atoms with Crippen LogP contribution in [-0.4, -0.2) is 18.8 Å². The van der Waals surface area contributed by atoms with E-state index >= 15 is 0 Å². The van der Waals surface area contributed by atoms with Crippen LogP contribution in [0.3, 0.4) is 0 Å². The predicted molar refractivity (Wildman–Crippen MR) is 84.9 cm³/mol. The second kappa shape index (κ2) is 7.46. The zero-order valence-electron chi connectivity index (χ0n) is 11.9. The van der Waals surface area contributed by atoms with E-state index in [1.807, 2.05) is 30.9 Å². The lowest BCUT2D eigenvalue weighted by Crippen LogP contribution is -2.30. The molecule has 1 atom stereocenters. The van der Waals surface area contributed by atoms with E-state index in [0.29, 0.717) is 6.42 Å². The van der Waals surface area contributed by atoms with Crippen LogP contribution in [0.2, 0.25) is 0 Å². The first kappa shape index (κ1) is 15.1. The second-order valence-corrected chi connectivity index (χ2v) is 6.00. The highest BCUT2D eigenvalue weighted by atomic mass is 32.2. The van der Waals surface area contributed by atoms with Gasteiger partial charge in [-0.05, 0) is 44.2 Å². The summed E-state index contributed by atoms with van der Waals surface area (Å²) in [4.78, 5) is 1.26. The first-order valence-corrected chi connectivity index (χ1v) is 7.77. The van der Waals surface area contributed by atoms with Gasteiger partial charge in [-0.1, -0.05) is 35.9 Å². The number of likely N-dealkylation sites (N-methyl/N-ethyl adjacent to an activating group) is 1. The van der Waals surface area contributed by atoms with E-state index in [4.69, 9.17) is 0 Å². The van der Waals surface area contributed by atoms with E-state index in [2.05, 4.69) is 36.5 Å². The molecule has 0 radical (unpaired) electrons. The van der Waals surface area contributed by atoms with Crippen LogP contribution >= 0.6 is 11.8 Å². The zero-order valence-corrected chi connectivity index (χ0v) is 12.7. The SMILES string of the molecule is CNC(CSc1cccc(C)c1)Cc1ccccc1F. The smallest absolute Gasteiger partial charge is 0.126 e. The topological polar surface area (TPSA) is 12.0 Å². The van der Waals surface area contributed by atoms with E-state index in [0.717, 1.165) is 11.3 Å². The minimum absolute atomic E-state index is 0.117. The molecule has 0 heterocycles. The Morgan fingerprint density at radius 3 is 2.65 bits per heavy atom. The van der Waals surface area contributed by atoms with Crippen LogP contribution in [0.4, 0.5) is 4.39 Å². The van der Waals surface area contributed by atoms with Gasteiger partial charge in [0.15, 0.2) is 0 Å². The standard InChI is InChI=1S/C17H20FNS/c1-13-6-5-8-16(10-13)20-12-15(19-2)11-14-7-3-4-9-17(14)18/h3-10,15,19H,11-12H2,1-2H3. The molecule has 1 nitrogen and oxygen atoms in total. The third-order valence-electron chi connectivity index (χ3n) is 3.27. The highest BCUT2D eigenvalue weighted by Gasteiger charge is 2.10. The summed E-state index contributed by atoms with van der Waals surface area (Å²) in [7, 11) is 1.93. The number of nitrogens with one attached hydrogen (secondary N) is 1. The van der Waals surface area contributed by atoms with Crippen molar-refractivity contribution in [3.63, 3.8) is 0 Å². The third-order valence-corrected chi connectivity index (χ3v) is 4.43. The molecule has 0 aromatic heterocycles. The fourth-order valence-electron chi connectivity index (χ4n) is 2.08. The Hall–Kier alpha value is -1.32. The van der Waals surface area contributed by atoms with Gasteiger partial charge in [-0.2, -0.15) is 0 Å². The number of thioether (sulfide) groups is 1. The molecule has 0 aliphatic rings. The molecule has 0 amide bonds. The summed E-state index contributed by atoms with van der Waals surface area (Å²) in [5.74, 6) is 0.808. The van der Waals surface area contributed by atoms with Gasteiger partial charge < -0.3 is 5.32 Å². The lowest BCUT2D eigenvalue weighted by Gasteiger charge is -2.16. The van der Waals surface area contributed by atoms with Crippen LogP contribution in [0.5, 0.6) is 0 Å². The highest BCUT2D eigenvalue weighted by molar-refractivity contribution is 7.99. The molecule has 0 aliphatic heterocycles. The zero-order chi connectivity index (χ0) is 14.4. The molecule has 0 saturated carbocycles. The highest BCUT2D eigenvalue weighted by Crippen LogP contribution is 2.21. The molecule has 2 aromatic rings. The molecule has 3 heteroatoms. The summed E-state index contributed by atoms with van der Waals surface area (Å²) in [6.45, 7) is 2.10. The summed E-state index contributed by atoms with van der Waals surface area (Å²) in [5.41, 5.74) is 2.04. The monoisotopic (exact) mass is 289 g/mol. The van der Waals surface area contributed by atoms with Crippen molar-refractivity contribution in [2.45, 2.75) is 24.3 Å². The van der Waals surface area contributed by atoms with Crippen molar-refractivity contribution in [2.24, 2.45) is 0 Å². The Morgan fingerprint density at radius 1 is 1.15 bits per heavy atom.